The minimum atomic E-state index is -0.722. The fourth-order valence-electron chi connectivity index (χ4n) is 3.94. The van der Waals surface area contributed by atoms with Crippen molar-refractivity contribution in [3.05, 3.63) is 75.1 Å². The summed E-state index contributed by atoms with van der Waals surface area (Å²) in [6, 6.07) is 12.1. The highest BCUT2D eigenvalue weighted by Crippen LogP contribution is 2.30. The van der Waals surface area contributed by atoms with Gasteiger partial charge in [0.25, 0.3) is 0 Å². The number of aryl methyl sites for hydroxylation is 2. The molecule has 0 N–H and O–H groups in total. The van der Waals surface area contributed by atoms with Crippen molar-refractivity contribution in [2.45, 2.75) is 46.3 Å². The maximum atomic E-state index is 12.9. The molecule has 1 aliphatic heterocycles. The van der Waals surface area contributed by atoms with E-state index in [4.69, 9.17) is 13.9 Å². The van der Waals surface area contributed by atoms with Crippen LogP contribution >= 0.6 is 0 Å². The Bertz CT molecular complexity index is 1230. The van der Waals surface area contributed by atoms with Gasteiger partial charge in [0.05, 0.1) is 0 Å². The van der Waals surface area contributed by atoms with Crippen LogP contribution in [0.4, 0.5) is 4.79 Å². The Morgan fingerprint density at radius 2 is 1.78 bits per heavy atom. The van der Waals surface area contributed by atoms with Crippen molar-refractivity contribution in [2.75, 3.05) is 6.54 Å². The average molecular weight is 435 g/mol. The van der Waals surface area contributed by atoms with Gasteiger partial charge in [0.1, 0.15) is 24.0 Å². The highest BCUT2D eigenvalue weighted by molar-refractivity contribution is 5.88. The lowest BCUT2D eigenvalue weighted by Crippen LogP contribution is -2.42. The van der Waals surface area contributed by atoms with Gasteiger partial charge in [0.15, 0.2) is 0 Å². The summed E-state index contributed by atoms with van der Waals surface area (Å²) >= 11 is 0. The zero-order chi connectivity index (χ0) is 22.8. The van der Waals surface area contributed by atoms with Gasteiger partial charge in [0, 0.05) is 23.1 Å². The highest BCUT2D eigenvalue weighted by atomic mass is 16.6. The van der Waals surface area contributed by atoms with Crippen LogP contribution in [0.5, 0.6) is 5.75 Å². The van der Waals surface area contributed by atoms with Crippen molar-refractivity contribution in [3.63, 3.8) is 0 Å². The molecule has 7 nitrogen and oxygen atoms in total. The van der Waals surface area contributed by atoms with Crippen LogP contribution in [-0.2, 0) is 16.1 Å². The number of hydrogen-bond donors (Lipinski definition) is 0. The lowest BCUT2D eigenvalue weighted by Gasteiger charge is -2.23. The van der Waals surface area contributed by atoms with E-state index in [-0.39, 0.29) is 6.61 Å². The number of carbonyl (C=O) groups excluding carboxylic acids is 2. The van der Waals surface area contributed by atoms with Gasteiger partial charge in [-0.3, -0.25) is 4.90 Å². The van der Waals surface area contributed by atoms with E-state index in [0.717, 1.165) is 16.5 Å². The molecule has 1 aliphatic rings. The van der Waals surface area contributed by atoms with Gasteiger partial charge in [-0.2, -0.15) is 0 Å². The SMILES string of the molecule is Cc1c(C)c2ccc(OC(=O)C3CCCN3C(=O)OCc3ccccc3)c(C)c2oc1=O. The summed E-state index contributed by atoms with van der Waals surface area (Å²) in [6.07, 6.45) is 0.643. The van der Waals surface area contributed by atoms with E-state index in [1.807, 2.05) is 37.3 Å². The molecule has 2 heterocycles. The van der Waals surface area contributed by atoms with E-state index in [9.17, 15) is 14.4 Å². The zero-order valence-corrected chi connectivity index (χ0v) is 18.3. The van der Waals surface area contributed by atoms with Gasteiger partial charge in [-0.25, -0.2) is 14.4 Å². The molecule has 3 aromatic rings. The maximum Gasteiger partial charge on any atom is 0.410 e. The van der Waals surface area contributed by atoms with E-state index in [1.54, 1.807) is 26.0 Å². The van der Waals surface area contributed by atoms with Crippen LogP contribution < -0.4 is 10.4 Å². The van der Waals surface area contributed by atoms with Crippen molar-refractivity contribution in [3.8, 4) is 5.75 Å². The van der Waals surface area contributed by atoms with Crippen LogP contribution in [0, 0.1) is 20.8 Å². The van der Waals surface area contributed by atoms with E-state index in [1.165, 1.54) is 4.90 Å². The molecule has 4 rings (SSSR count). The van der Waals surface area contributed by atoms with Crippen LogP contribution in [0.1, 0.15) is 35.1 Å². The highest BCUT2D eigenvalue weighted by Gasteiger charge is 2.37. The second kappa shape index (κ2) is 8.86. The molecule has 166 valence electrons. The molecule has 0 bridgehead atoms. The summed E-state index contributed by atoms with van der Waals surface area (Å²) in [5.41, 5.74) is 2.81. The molecule has 0 saturated carbocycles. The molecule has 2 aromatic carbocycles. The van der Waals surface area contributed by atoms with Crippen molar-refractivity contribution in [2.24, 2.45) is 0 Å². The zero-order valence-electron chi connectivity index (χ0n) is 18.3. The normalized spacial score (nSPS) is 15.7. The molecule has 1 atom stereocenters. The Morgan fingerprint density at radius 3 is 2.53 bits per heavy atom. The van der Waals surface area contributed by atoms with Gasteiger partial charge in [-0.15, -0.1) is 0 Å². The third kappa shape index (κ3) is 4.10. The molecule has 1 saturated heterocycles. The number of esters is 1. The van der Waals surface area contributed by atoms with Crippen LogP contribution in [0.2, 0.25) is 0 Å². The summed E-state index contributed by atoms with van der Waals surface area (Å²) in [6.45, 7) is 5.88. The first kappa shape index (κ1) is 21.6. The average Bonchev–Trinajstić information content (AvgIpc) is 3.29. The molecule has 7 heteroatoms. The summed E-state index contributed by atoms with van der Waals surface area (Å²) < 4.78 is 16.5. The van der Waals surface area contributed by atoms with Gasteiger partial charge in [-0.05, 0) is 56.9 Å². The second-order valence-electron chi connectivity index (χ2n) is 8.02. The third-order valence-electron chi connectivity index (χ3n) is 6.00. The number of benzene rings is 2. The van der Waals surface area contributed by atoms with Crippen molar-refractivity contribution < 1.29 is 23.5 Å². The molecule has 1 fully saturated rings. The molecule has 1 aromatic heterocycles. The van der Waals surface area contributed by atoms with Gasteiger partial charge in [-0.1, -0.05) is 30.3 Å². The quantitative estimate of drug-likeness (QED) is 0.342. The molecule has 32 heavy (non-hydrogen) atoms. The number of nitrogens with zero attached hydrogens (tertiary/aromatic N) is 1. The topological polar surface area (TPSA) is 86.1 Å². The number of amides is 1. The number of likely N-dealkylation sites (tertiary alicyclic amines) is 1. The standard InChI is InChI=1S/C25H25NO6/c1-15-16(2)23(27)32-22-17(3)21(12-11-19(15)22)31-24(28)20-10-7-13-26(20)25(29)30-14-18-8-5-4-6-9-18/h4-6,8-9,11-12,20H,7,10,13-14H2,1-3H3. The van der Waals surface area contributed by atoms with E-state index < -0.39 is 23.7 Å². The fraction of sp³-hybridized carbons (Fsp3) is 0.320. The minimum absolute atomic E-state index is 0.138. The van der Waals surface area contributed by atoms with Crippen LogP contribution in [-0.4, -0.2) is 29.5 Å². The Balaban J connectivity index is 1.49. The monoisotopic (exact) mass is 435 g/mol. The number of fused-ring (bicyclic) bond motifs is 1. The predicted octanol–water partition coefficient (Wildman–Crippen LogP) is 4.42. The number of carbonyl (C=O) groups is 2. The molecule has 0 radical (unpaired) electrons. The Morgan fingerprint density at radius 1 is 1.03 bits per heavy atom. The Hall–Kier alpha value is -3.61. The number of hydrogen-bond acceptors (Lipinski definition) is 6. The van der Waals surface area contributed by atoms with Gasteiger partial charge >= 0.3 is 17.7 Å². The molecular formula is C25H25NO6. The van der Waals surface area contributed by atoms with E-state index >= 15 is 0 Å². The summed E-state index contributed by atoms with van der Waals surface area (Å²) in [5.74, 6) is -0.230. The lowest BCUT2D eigenvalue weighted by atomic mass is 10.0. The van der Waals surface area contributed by atoms with Crippen molar-refractivity contribution in [1.29, 1.82) is 0 Å². The van der Waals surface area contributed by atoms with Crippen LogP contribution in [0.15, 0.2) is 51.7 Å². The number of rotatable bonds is 4. The fourth-order valence-corrected chi connectivity index (χ4v) is 3.94. The smallest absolute Gasteiger partial charge is 0.410 e. The van der Waals surface area contributed by atoms with Gasteiger partial charge in [0.2, 0.25) is 0 Å². The largest absolute Gasteiger partial charge is 0.445 e. The first-order chi connectivity index (χ1) is 15.4. The molecular weight excluding hydrogens is 410 g/mol. The van der Waals surface area contributed by atoms with Crippen molar-refractivity contribution in [1.82, 2.24) is 4.90 Å². The summed E-state index contributed by atoms with van der Waals surface area (Å²) in [4.78, 5) is 39.0. The lowest BCUT2D eigenvalue weighted by molar-refractivity contribution is -0.139. The first-order valence-electron chi connectivity index (χ1n) is 10.6. The maximum absolute atomic E-state index is 12.9. The van der Waals surface area contributed by atoms with Crippen LogP contribution in [0.25, 0.3) is 11.0 Å². The second-order valence-corrected chi connectivity index (χ2v) is 8.02. The minimum Gasteiger partial charge on any atom is -0.445 e. The molecule has 1 amide bonds. The predicted molar refractivity (Wildman–Crippen MR) is 119 cm³/mol. The Labute approximate surface area is 185 Å². The van der Waals surface area contributed by atoms with E-state index in [2.05, 4.69) is 0 Å². The van der Waals surface area contributed by atoms with Gasteiger partial charge < -0.3 is 13.9 Å². The van der Waals surface area contributed by atoms with Crippen molar-refractivity contribution >= 4 is 23.0 Å². The van der Waals surface area contributed by atoms with Crippen LogP contribution in [0.3, 0.4) is 0 Å². The molecule has 1 unspecified atom stereocenters. The Kier molecular flexibility index (Phi) is 5.99. The third-order valence-corrected chi connectivity index (χ3v) is 6.00. The molecule has 0 spiro atoms. The summed E-state index contributed by atoms with van der Waals surface area (Å²) in [5, 5.41) is 0.798. The van der Waals surface area contributed by atoms with E-state index in [0.29, 0.717) is 41.8 Å². The first-order valence-corrected chi connectivity index (χ1v) is 10.6. The number of ether oxygens (including phenoxy) is 2. The molecule has 0 aliphatic carbocycles. The summed E-state index contributed by atoms with van der Waals surface area (Å²) in [7, 11) is 0.